The smallest absolute Gasteiger partial charge is 0.0848 e. The third-order valence-electron chi connectivity index (χ3n) is 4.12. The van der Waals surface area contributed by atoms with Gasteiger partial charge in [-0.3, -0.25) is 16.0 Å². The summed E-state index contributed by atoms with van der Waals surface area (Å²) in [5.41, 5.74) is 3.87. The van der Waals surface area contributed by atoms with Crippen LogP contribution in [0.2, 0.25) is 0 Å². The summed E-state index contributed by atoms with van der Waals surface area (Å²) >= 11 is 0. The van der Waals surface area contributed by atoms with E-state index in [-0.39, 0.29) is 11.6 Å². The predicted octanol–water partition coefficient (Wildman–Crippen LogP) is 1.14. The van der Waals surface area contributed by atoms with Crippen molar-refractivity contribution in [2.45, 2.75) is 50.2 Å². The fourth-order valence-corrected chi connectivity index (χ4v) is 3.02. The van der Waals surface area contributed by atoms with Crippen molar-refractivity contribution in [2.75, 3.05) is 7.11 Å². The first-order valence-electron chi connectivity index (χ1n) is 6.70. The molecule has 0 spiro atoms. The van der Waals surface area contributed by atoms with E-state index in [1.165, 1.54) is 19.3 Å². The highest BCUT2D eigenvalue weighted by molar-refractivity contribution is 5.06. The van der Waals surface area contributed by atoms with Gasteiger partial charge in [-0.2, -0.15) is 5.10 Å². The number of nitrogens with one attached hydrogen (secondary N) is 1. The Morgan fingerprint density at radius 2 is 2.22 bits per heavy atom. The summed E-state index contributed by atoms with van der Waals surface area (Å²) in [5.74, 6) is 5.75. The highest BCUT2D eigenvalue weighted by Crippen LogP contribution is 2.34. The van der Waals surface area contributed by atoms with E-state index in [4.69, 9.17) is 10.6 Å². The van der Waals surface area contributed by atoms with E-state index in [1.54, 1.807) is 7.11 Å². The molecule has 1 saturated carbocycles. The molecule has 1 atom stereocenters. The molecular formula is C13H24N4O. The monoisotopic (exact) mass is 252 g/mol. The molecule has 1 aliphatic rings. The van der Waals surface area contributed by atoms with Gasteiger partial charge in [0, 0.05) is 26.8 Å². The van der Waals surface area contributed by atoms with Gasteiger partial charge in [0.1, 0.15) is 0 Å². The van der Waals surface area contributed by atoms with Crippen LogP contribution in [-0.4, -0.2) is 28.5 Å². The van der Waals surface area contributed by atoms with Crippen molar-refractivity contribution in [2.24, 2.45) is 12.9 Å². The third kappa shape index (κ3) is 2.74. The summed E-state index contributed by atoms with van der Waals surface area (Å²) in [5, 5.41) is 4.42. The second kappa shape index (κ2) is 5.82. The van der Waals surface area contributed by atoms with Crippen molar-refractivity contribution in [3.63, 3.8) is 0 Å². The second-order valence-electron chi connectivity index (χ2n) is 5.23. The third-order valence-corrected chi connectivity index (χ3v) is 4.12. The summed E-state index contributed by atoms with van der Waals surface area (Å²) in [6, 6.07) is 2.16. The number of nitrogens with two attached hydrogens (primary N) is 1. The molecule has 1 aromatic heterocycles. The molecule has 0 saturated heterocycles. The minimum atomic E-state index is -0.134. The minimum absolute atomic E-state index is 0.123. The Labute approximate surface area is 109 Å². The summed E-state index contributed by atoms with van der Waals surface area (Å²) in [4.78, 5) is 0. The molecule has 5 nitrogen and oxygen atoms in total. The SMILES string of the molecule is COC1(C(Cc2ccn(C)n2)NN)CCCCC1. The van der Waals surface area contributed by atoms with E-state index >= 15 is 0 Å². The Bertz CT molecular complexity index is 371. The number of methoxy groups -OCH3 is 1. The maximum Gasteiger partial charge on any atom is 0.0848 e. The predicted molar refractivity (Wildman–Crippen MR) is 70.8 cm³/mol. The van der Waals surface area contributed by atoms with E-state index in [9.17, 15) is 0 Å². The van der Waals surface area contributed by atoms with E-state index < -0.39 is 0 Å². The number of aromatic nitrogens is 2. The minimum Gasteiger partial charge on any atom is -0.377 e. The number of ether oxygens (including phenoxy) is 1. The number of hydrazine groups is 1. The van der Waals surface area contributed by atoms with Crippen molar-refractivity contribution in [1.82, 2.24) is 15.2 Å². The topological polar surface area (TPSA) is 65.1 Å². The Kier molecular flexibility index (Phi) is 4.37. The van der Waals surface area contributed by atoms with Gasteiger partial charge in [0.05, 0.1) is 17.3 Å². The molecule has 2 rings (SSSR count). The van der Waals surface area contributed by atoms with Crippen LogP contribution in [0.15, 0.2) is 12.3 Å². The largest absolute Gasteiger partial charge is 0.377 e. The second-order valence-corrected chi connectivity index (χ2v) is 5.23. The lowest BCUT2D eigenvalue weighted by molar-refractivity contribution is -0.0676. The van der Waals surface area contributed by atoms with Gasteiger partial charge in [0.25, 0.3) is 0 Å². The highest BCUT2D eigenvalue weighted by Gasteiger charge is 2.39. The normalized spacial score (nSPS) is 20.8. The van der Waals surface area contributed by atoms with Crippen LogP contribution in [0.5, 0.6) is 0 Å². The standard InChI is InChI=1S/C13H24N4O/c1-17-9-6-11(16-17)10-12(15-14)13(18-2)7-4-3-5-8-13/h6,9,12,15H,3-5,7-8,10,14H2,1-2H3. The first-order valence-corrected chi connectivity index (χ1v) is 6.70. The summed E-state index contributed by atoms with van der Waals surface area (Å²) in [7, 11) is 3.73. The van der Waals surface area contributed by atoms with Crippen LogP contribution in [0.3, 0.4) is 0 Å². The zero-order valence-corrected chi connectivity index (χ0v) is 11.4. The average Bonchev–Trinajstić information content (AvgIpc) is 2.82. The lowest BCUT2D eigenvalue weighted by Gasteiger charge is -2.42. The van der Waals surface area contributed by atoms with Crippen LogP contribution in [0.4, 0.5) is 0 Å². The van der Waals surface area contributed by atoms with Gasteiger partial charge < -0.3 is 4.74 Å². The van der Waals surface area contributed by atoms with Gasteiger partial charge in [0.15, 0.2) is 0 Å². The van der Waals surface area contributed by atoms with Crippen LogP contribution < -0.4 is 11.3 Å². The van der Waals surface area contributed by atoms with Crippen molar-refractivity contribution in [1.29, 1.82) is 0 Å². The van der Waals surface area contributed by atoms with Crippen LogP contribution in [0.1, 0.15) is 37.8 Å². The highest BCUT2D eigenvalue weighted by atomic mass is 16.5. The quantitative estimate of drug-likeness (QED) is 0.609. The number of hydrogen-bond acceptors (Lipinski definition) is 4. The molecule has 0 radical (unpaired) electrons. The average molecular weight is 252 g/mol. The van der Waals surface area contributed by atoms with Gasteiger partial charge in [-0.15, -0.1) is 0 Å². The Morgan fingerprint density at radius 1 is 1.50 bits per heavy atom. The molecule has 102 valence electrons. The maximum atomic E-state index is 5.83. The molecule has 0 bridgehead atoms. The van der Waals surface area contributed by atoms with Crippen molar-refractivity contribution in [3.05, 3.63) is 18.0 Å². The lowest BCUT2D eigenvalue weighted by atomic mass is 9.78. The van der Waals surface area contributed by atoms with Gasteiger partial charge in [-0.1, -0.05) is 19.3 Å². The Morgan fingerprint density at radius 3 is 2.72 bits per heavy atom. The van der Waals surface area contributed by atoms with Crippen molar-refractivity contribution in [3.8, 4) is 0 Å². The molecule has 5 heteroatoms. The molecule has 0 aromatic carbocycles. The fraction of sp³-hybridized carbons (Fsp3) is 0.769. The molecule has 0 amide bonds. The van der Waals surface area contributed by atoms with Crippen LogP contribution in [0, 0.1) is 0 Å². The van der Waals surface area contributed by atoms with Crippen molar-refractivity contribution < 1.29 is 4.74 Å². The van der Waals surface area contributed by atoms with E-state index in [0.29, 0.717) is 0 Å². The molecule has 18 heavy (non-hydrogen) atoms. The summed E-state index contributed by atoms with van der Waals surface area (Å²) < 4.78 is 7.66. The van der Waals surface area contributed by atoms with Crippen LogP contribution in [0.25, 0.3) is 0 Å². The maximum absolute atomic E-state index is 5.83. The fourth-order valence-electron chi connectivity index (χ4n) is 3.02. The number of nitrogens with zero attached hydrogens (tertiary/aromatic N) is 2. The zero-order chi connectivity index (χ0) is 13.0. The lowest BCUT2D eigenvalue weighted by Crippen LogP contribution is -2.56. The van der Waals surface area contributed by atoms with Crippen LogP contribution >= 0.6 is 0 Å². The number of rotatable bonds is 5. The molecule has 1 heterocycles. The Balaban J connectivity index is 2.10. The summed E-state index contributed by atoms with van der Waals surface area (Å²) in [6.07, 6.45) is 8.65. The number of hydrogen-bond donors (Lipinski definition) is 2. The first kappa shape index (κ1) is 13.5. The van der Waals surface area contributed by atoms with E-state index in [1.807, 2.05) is 24.0 Å². The number of aryl methyl sites for hydroxylation is 1. The Hall–Kier alpha value is -0.910. The first-order chi connectivity index (χ1) is 8.70. The zero-order valence-electron chi connectivity index (χ0n) is 11.4. The van der Waals surface area contributed by atoms with Gasteiger partial charge in [-0.05, 0) is 18.9 Å². The van der Waals surface area contributed by atoms with Crippen molar-refractivity contribution >= 4 is 0 Å². The molecular weight excluding hydrogens is 228 g/mol. The van der Waals surface area contributed by atoms with E-state index in [2.05, 4.69) is 10.5 Å². The molecule has 1 aliphatic carbocycles. The van der Waals surface area contributed by atoms with Gasteiger partial charge in [0.2, 0.25) is 0 Å². The molecule has 1 fully saturated rings. The van der Waals surface area contributed by atoms with Gasteiger partial charge >= 0.3 is 0 Å². The molecule has 0 aliphatic heterocycles. The van der Waals surface area contributed by atoms with Gasteiger partial charge in [-0.25, -0.2) is 0 Å². The summed E-state index contributed by atoms with van der Waals surface area (Å²) in [6.45, 7) is 0. The molecule has 1 unspecified atom stereocenters. The molecule has 3 N–H and O–H groups in total. The van der Waals surface area contributed by atoms with Crippen LogP contribution in [-0.2, 0) is 18.2 Å². The van der Waals surface area contributed by atoms with E-state index in [0.717, 1.165) is 25.0 Å². The molecule has 1 aromatic rings.